The molecule has 3 nitrogen and oxygen atoms in total. The fourth-order valence-corrected chi connectivity index (χ4v) is 2.95. The minimum atomic E-state index is 0.431. The van der Waals surface area contributed by atoms with Crippen LogP contribution in [0.2, 0.25) is 0 Å². The Morgan fingerprint density at radius 1 is 1.00 bits per heavy atom. The monoisotopic (exact) mass is 382 g/mol. The summed E-state index contributed by atoms with van der Waals surface area (Å²) in [7, 11) is 0. The van der Waals surface area contributed by atoms with Crippen molar-refractivity contribution in [1.29, 1.82) is 0 Å². The largest absolute Gasteiger partial charge is 0.455 e. The Bertz CT molecular complexity index is 1020. The van der Waals surface area contributed by atoms with Gasteiger partial charge < -0.3 is 9.40 Å². The molecule has 0 bridgehead atoms. The summed E-state index contributed by atoms with van der Waals surface area (Å²) in [6.07, 6.45) is 0. The number of rotatable bonds is 2. The second-order valence-corrected chi connectivity index (χ2v) is 6.44. The standard InChI is InChI=1S/C18H11BrN2OS/c19-13-7-5-11(6-8-13)14-10-15(21-18(23)20-14)17-9-12-3-1-2-4-16(12)22-17/h1-10H,(H,20,21,23). The molecule has 0 atom stereocenters. The molecule has 23 heavy (non-hydrogen) atoms. The first-order valence-corrected chi connectivity index (χ1v) is 8.25. The lowest BCUT2D eigenvalue weighted by Crippen LogP contribution is -1.90. The summed E-state index contributed by atoms with van der Waals surface area (Å²) in [5, 5.41) is 1.06. The third-order valence-electron chi connectivity index (χ3n) is 3.58. The average Bonchev–Trinajstić information content (AvgIpc) is 2.99. The summed E-state index contributed by atoms with van der Waals surface area (Å²) in [4.78, 5) is 7.52. The van der Waals surface area contributed by atoms with Gasteiger partial charge in [0.05, 0.1) is 11.4 Å². The van der Waals surface area contributed by atoms with Crippen LogP contribution in [0.25, 0.3) is 33.7 Å². The predicted molar refractivity (Wildman–Crippen MR) is 97.8 cm³/mol. The van der Waals surface area contributed by atoms with Gasteiger partial charge in [0, 0.05) is 15.4 Å². The van der Waals surface area contributed by atoms with Crippen molar-refractivity contribution in [2.24, 2.45) is 0 Å². The van der Waals surface area contributed by atoms with Crippen LogP contribution in [0.15, 0.2) is 69.6 Å². The van der Waals surface area contributed by atoms with E-state index in [4.69, 9.17) is 16.6 Å². The molecule has 5 heteroatoms. The third-order valence-corrected chi connectivity index (χ3v) is 4.30. The van der Waals surface area contributed by atoms with E-state index in [9.17, 15) is 0 Å². The second kappa shape index (κ2) is 5.76. The number of H-pyrrole nitrogens is 1. The molecular formula is C18H11BrN2OS. The molecule has 0 aliphatic heterocycles. The Morgan fingerprint density at radius 2 is 1.78 bits per heavy atom. The highest BCUT2D eigenvalue weighted by Gasteiger charge is 2.09. The number of hydrogen-bond donors (Lipinski definition) is 1. The van der Waals surface area contributed by atoms with E-state index >= 15 is 0 Å². The Hall–Kier alpha value is -2.24. The third kappa shape index (κ3) is 2.85. The van der Waals surface area contributed by atoms with Crippen LogP contribution in [0, 0.1) is 4.77 Å². The lowest BCUT2D eigenvalue weighted by molar-refractivity contribution is 0.628. The molecule has 4 rings (SSSR count). The van der Waals surface area contributed by atoms with E-state index in [1.165, 1.54) is 0 Å². The smallest absolute Gasteiger partial charge is 0.197 e. The minimum Gasteiger partial charge on any atom is -0.455 e. The number of nitrogens with zero attached hydrogens (tertiary/aromatic N) is 1. The fourth-order valence-electron chi connectivity index (χ4n) is 2.47. The van der Waals surface area contributed by atoms with Crippen molar-refractivity contribution < 1.29 is 4.42 Å². The van der Waals surface area contributed by atoms with Crippen molar-refractivity contribution in [3.8, 4) is 22.7 Å². The number of benzene rings is 2. The highest BCUT2D eigenvalue weighted by Crippen LogP contribution is 2.29. The topological polar surface area (TPSA) is 41.8 Å². The molecule has 2 aromatic heterocycles. The number of hydrogen-bond acceptors (Lipinski definition) is 3. The van der Waals surface area contributed by atoms with E-state index in [-0.39, 0.29) is 0 Å². The zero-order valence-corrected chi connectivity index (χ0v) is 14.3. The molecule has 112 valence electrons. The summed E-state index contributed by atoms with van der Waals surface area (Å²) in [5.74, 6) is 0.748. The van der Waals surface area contributed by atoms with Gasteiger partial charge in [-0.25, -0.2) is 4.98 Å². The van der Waals surface area contributed by atoms with Gasteiger partial charge in [-0.05, 0) is 42.5 Å². The Balaban J connectivity index is 1.86. The highest BCUT2D eigenvalue weighted by atomic mass is 79.9. The number of fused-ring (bicyclic) bond motifs is 1. The van der Waals surface area contributed by atoms with Crippen LogP contribution in [0.4, 0.5) is 0 Å². The van der Waals surface area contributed by atoms with E-state index in [1.54, 1.807) is 0 Å². The molecular weight excluding hydrogens is 372 g/mol. The first-order valence-electron chi connectivity index (χ1n) is 7.05. The number of halogens is 1. The highest BCUT2D eigenvalue weighted by molar-refractivity contribution is 9.10. The van der Waals surface area contributed by atoms with E-state index in [1.807, 2.05) is 60.7 Å². The van der Waals surface area contributed by atoms with Gasteiger partial charge in [0.1, 0.15) is 5.58 Å². The summed E-state index contributed by atoms with van der Waals surface area (Å²) in [6.45, 7) is 0. The normalized spacial score (nSPS) is 11.0. The van der Waals surface area contributed by atoms with E-state index < -0.39 is 0 Å². The lowest BCUT2D eigenvalue weighted by Gasteiger charge is -2.04. The molecule has 2 aromatic carbocycles. The van der Waals surface area contributed by atoms with Gasteiger partial charge in [0.2, 0.25) is 0 Å². The molecule has 0 saturated heterocycles. The van der Waals surface area contributed by atoms with Gasteiger partial charge in [-0.1, -0.05) is 46.3 Å². The molecule has 4 aromatic rings. The molecule has 0 unspecified atom stereocenters. The van der Waals surface area contributed by atoms with Gasteiger partial charge in [0.25, 0.3) is 0 Å². The van der Waals surface area contributed by atoms with Crippen LogP contribution in [0.3, 0.4) is 0 Å². The number of nitrogens with one attached hydrogen (secondary N) is 1. The van der Waals surface area contributed by atoms with Gasteiger partial charge >= 0.3 is 0 Å². The summed E-state index contributed by atoms with van der Waals surface area (Å²) in [6, 6.07) is 19.8. The van der Waals surface area contributed by atoms with Crippen LogP contribution >= 0.6 is 28.1 Å². The van der Waals surface area contributed by atoms with Crippen molar-refractivity contribution in [3.05, 3.63) is 69.9 Å². The maximum absolute atomic E-state index is 5.91. The average molecular weight is 383 g/mol. The zero-order valence-electron chi connectivity index (χ0n) is 11.9. The van der Waals surface area contributed by atoms with Crippen molar-refractivity contribution in [2.75, 3.05) is 0 Å². The van der Waals surface area contributed by atoms with Crippen LogP contribution in [-0.4, -0.2) is 9.97 Å². The first kappa shape index (κ1) is 14.4. The molecule has 0 aliphatic carbocycles. The Kier molecular flexibility index (Phi) is 3.59. The van der Waals surface area contributed by atoms with Crippen molar-refractivity contribution in [2.45, 2.75) is 0 Å². The van der Waals surface area contributed by atoms with Crippen LogP contribution < -0.4 is 0 Å². The van der Waals surface area contributed by atoms with Gasteiger partial charge in [-0.3, -0.25) is 0 Å². The molecule has 0 radical (unpaired) electrons. The van der Waals surface area contributed by atoms with E-state index in [2.05, 4.69) is 25.9 Å². The molecule has 1 N–H and O–H groups in total. The van der Waals surface area contributed by atoms with Gasteiger partial charge in [0.15, 0.2) is 10.5 Å². The van der Waals surface area contributed by atoms with Crippen molar-refractivity contribution in [1.82, 2.24) is 9.97 Å². The van der Waals surface area contributed by atoms with E-state index in [0.717, 1.165) is 38.2 Å². The summed E-state index contributed by atoms with van der Waals surface area (Å²) < 4.78 is 7.37. The molecule has 2 heterocycles. The lowest BCUT2D eigenvalue weighted by atomic mass is 10.1. The molecule has 0 fully saturated rings. The number of aromatic nitrogens is 2. The minimum absolute atomic E-state index is 0.431. The SMILES string of the molecule is S=c1nc(-c2ccc(Br)cc2)cc(-c2cc3ccccc3o2)[nH]1. The Morgan fingerprint density at radius 3 is 2.57 bits per heavy atom. The van der Waals surface area contributed by atoms with Gasteiger partial charge in [-0.15, -0.1) is 0 Å². The first-order chi connectivity index (χ1) is 11.2. The zero-order chi connectivity index (χ0) is 15.8. The van der Waals surface area contributed by atoms with Crippen molar-refractivity contribution in [3.63, 3.8) is 0 Å². The second-order valence-electron chi connectivity index (χ2n) is 5.14. The predicted octanol–water partition coefficient (Wildman–Crippen LogP) is 5.98. The molecule has 0 amide bonds. The van der Waals surface area contributed by atoms with Crippen LogP contribution in [0.5, 0.6) is 0 Å². The van der Waals surface area contributed by atoms with Gasteiger partial charge in [-0.2, -0.15) is 0 Å². The molecule has 0 spiro atoms. The van der Waals surface area contributed by atoms with Crippen molar-refractivity contribution >= 4 is 39.1 Å². The number of para-hydroxylation sites is 1. The number of furan rings is 1. The van der Waals surface area contributed by atoms with Crippen LogP contribution in [0.1, 0.15) is 0 Å². The fraction of sp³-hybridized carbons (Fsp3) is 0. The van der Waals surface area contributed by atoms with Crippen LogP contribution in [-0.2, 0) is 0 Å². The molecule has 0 saturated carbocycles. The summed E-state index contributed by atoms with van der Waals surface area (Å²) >= 11 is 8.72. The number of aromatic amines is 1. The maximum atomic E-state index is 5.91. The summed E-state index contributed by atoms with van der Waals surface area (Å²) in [5.41, 5.74) is 3.49. The molecule has 0 aliphatic rings. The maximum Gasteiger partial charge on any atom is 0.197 e. The quantitative estimate of drug-likeness (QED) is 0.433. The Labute approximate surface area is 146 Å². The van der Waals surface area contributed by atoms with E-state index in [0.29, 0.717) is 4.77 Å².